The van der Waals surface area contributed by atoms with Gasteiger partial charge in [-0.1, -0.05) is 5.16 Å². The number of aromatic nitrogens is 1. The lowest BCUT2D eigenvalue weighted by Crippen LogP contribution is -2.25. The van der Waals surface area contributed by atoms with Gasteiger partial charge in [-0.15, -0.1) is 0 Å². The van der Waals surface area contributed by atoms with Gasteiger partial charge in [0.1, 0.15) is 22.2 Å². The van der Waals surface area contributed by atoms with Gasteiger partial charge < -0.3 is 10.3 Å². The predicted octanol–water partition coefficient (Wildman–Crippen LogP) is 1.63. The van der Waals surface area contributed by atoms with E-state index in [0.29, 0.717) is 17.0 Å². The van der Waals surface area contributed by atoms with Gasteiger partial charge in [0.05, 0.1) is 5.69 Å². The molecule has 0 spiro atoms. The molecule has 9 heteroatoms. The quantitative estimate of drug-likeness (QED) is 0.835. The maximum absolute atomic E-state index is 13.8. The van der Waals surface area contributed by atoms with Crippen LogP contribution in [0.4, 0.5) is 14.5 Å². The van der Waals surface area contributed by atoms with Crippen molar-refractivity contribution in [3.05, 3.63) is 40.8 Å². The van der Waals surface area contributed by atoms with E-state index in [2.05, 4.69) is 9.88 Å². The van der Waals surface area contributed by atoms with Crippen molar-refractivity contribution in [3.8, 4) is 0 Å². The molecule has 0 fully saturated rings. The van der Waals surface area contributed by atoms with Crippen LogP contribution in [0.5, 0.6) is 0 Å². The average molecular weight is 317 g/mol. The fourth-order valence-electron chi connectivity index (χ4n) is 1.76. The summed E-state index contributed by atoms with van der Waals surface area (Å²) < 4.78 is 58.0. The Bertz CT molecular complexity index is 768. The number of nitrogens with zero attached hydrogens (tertiary/aromatic N) is 1. The van der Waals surface area contributed by atoms with Crippen molar-refractivity contribution in [1.29, 1.82) is 0 Å². The molecule has 0 unspecified atom stereocenters. The first-order valence-corrected chi connectivity index (χ1v) is 7.37. The van der Waals surface area contributed by atoms with E-state index in [9.17, 15) is 17.2 Å². The third-order valence-corrected chi connectivity index (χ3v) is 4.42. The lowest BCUT2D eigenvalue weighted by Gasteiger charge is -2.09. The van der Waals surface area contributed by atoms with Crippen LogP contribution in [0, 0.1) is 25.5 Å². The number of halogens is 2. The Kier molecular flexibility index (Phi) is 3.97. The summed E-state index contributed by atoms with van der Waals surface area (Å²) in [4.78, 5) is -0.715. The molecule has 2 rings (SSSR count). The van der Waals surface area contributed by atoms with Gasteiger partial charge in [0.25, 0.3) is 0 Å². The van der Waals surface area contributed by atoms with E-state index in [0.717, 1.165) is 12.1 Å². The van der Waals surface area contributed by atoms with Crippen LogP contribution in [0.2, 0.25) is 0 Å². The zero-order chi connectivity index (χ0) is 15.8. The molecule has 0 amide bonds. The van der Waals surface area contributed by atoms with E-state index in [1.54, 1.807) is 13.8 Å². The molecule has 0 aliphatic heterocycles. The molecule has 2 aromatic rings. The fraction of sp³-hybridized carbons (Fsp3) is 0.250. The standard InChI is InChI=1S/C12H13F2N3O3S/c1-6-8(7(2)20-17-6)5-16-21(18,19)10-4-3-9(13)12(15)11(10)14/h3-4,16H,5,15H2,1-2H3. The molecule has 3 N–H and O–H groups in total. The predicted molar refractivity (Wildman–Crippen MR) is 70.8 cm³/mol. The second-order valence-corrected chi connectivity index (χ2v) is 6.14. The van der Waals surface area contributed by atoms with E-state index < -0.39 is 32.2 Å². The molecular formula is C12H13F2N3O3S. The second-order valence-electron chi connectivity index (χ2n) is 4.40. The van der Waals surface area contributed by atoms with Gasteiger partial charge in [0, 0.05) is 12.1 Å². The molecule has 6 nitrogen and oxygen atoms in total. The van der Waals surface area contributed by atoms with Crippen molar-refractivity contribution in [3.63, 3.8) is 0 Å². The number of anilines is 1. The summed E-state index contributed by atoms with van der Waals surface area (Å²) in [6.07, 6.45) is 0. The van der Waals surface area contributed by atoms with Crippen LogP contribution in [-0.4, -0.2) is 13.6 Å². The Labute approximate surface area is 120 Å². The zero-order valence-electron chi connectivity index (χ0n) is 11.3. The van der Waals surface area contributed by atoms with E-state index in [1.165, 1.54) is 0 Å². The van der Waals surface area contributed by atoms with Gasteiger partial charge in [0.15, 0.2) is 5.82 Å². The summed E-state index contributed by atoms with van der Waals surface area (Å²) in [6.45, 7) is 3.15. The van der Waals surface area contributed by atoms with Crippen LogP contribution < -0.4 is 10.5 Å². The minimum absolute atomic E-state index is 0.125. The first kappa shape index (κ1) is 15.4. The molecule has 1 aromatic heterocycles. The number of nitrogen functional groups attached to an aromatic ring is 1. The number of rotatable bonds is 4. The van der Waals surface area contributed by atoms with Gasteiger partial charge in [-0.2, -0.15) is 0 Å². The number of nitrogens with one attached hydrogen (secondary N) is 1. The average Bonchev–Trinajstić information content (AvgIpc) is 2.73. The first-order valence-electron chi connectivity index (χ1n) is 5.89. The van der Waals surface area contributed by atoms with Crippen LogP contribution in [0.25, 0.3) is 0 Å². The smallest absolute Gasteiger partial charge is 0.243 e. The van der Waals surface area contributed by atoms with Crippen molar-refractivity contribution >= 4 is 15.7 Å². The van der Waals surface area contributed by atoms with Crippen LogP contribution in [-0.2, 0) is 16.6 Å². The van der Waals surface area contributed by atoms with Crippen LogP contribution in [0.3, 0.4) is 0 Å². The number of nitrogens with two attached hydrogens (primary N) is 1. The van der Waals surface area contributed by atoms with Crippen molar-refractivity contribution < 1.29 is 21.7 Å². The first-order chi connectivity index (χ1) is 9.74. The van der Waals surface area contributed by atoms with Gasteiger partial charge >= 0.3 is 0 Å². The number of hydrogen-bond donors (Lipinski definition) is 2. The third-order valence-electron chi connectivity index (χ3n) is 3.00. The minimum atomic E-state index is -4.18. The SMILES string of the molecule is Cc1noc(C)c1CNS(=O)(=O)c1ccc(F)c(N)c1F. The molecule has 0 aliphatic carbocycles. The minimum Gasteiger partial charge on any atom is -0.394 e. The topological polar surface area (TPSA) is 98.2 Å². The van der Waals surface area contributed by atoms with Crippen LogP contribution in [0.1, 0.15) is 17.0 Å². The number of sulfonamides is 1. The Morgan fingerprint density at radius 1 is 1.33 bits per heavy atom. The van der Waals surface area contributed by atoms with E-state index in [-0.39, 0.29) is 6.54 Å². The Morgan fingerprint density at radius 2 is 2.00 bits per heavy atom. The molecule has 0 radical (unpaired) electrons. The molecule has 0 saturated heterocycles. The van der Waals surface area contributed by atoms with Crippen molar-refractivity contribution in [1.82, 2.24) is 9.88 Å². The highest BCUT2D eigenvalue weighted by Gasteiger charge is 2.23. The lowest BCUT2D eigenvalue weighted by atomic mass is 10.2. The molecule has 0 saturated carbocycles. The van der Waals surface area contributed by atoms with Crippen molar-refractivity contribution in [2.45, 2.75) is 25.3 Å². The summed E-state index contributed by atoms with van der Waals surface area (Å²) in [5, 5.41) is 3.68. The normalized spacial score (nSPS) is 11.8. The maximum Gasteiger partial charge on any atom is 0.243 e. The van der Waals surface area contributed by atoms with Crippen LogP contribution in [0.15, 0.2) is 21.6 Å². The zero-order valence-corrected chi connectivity index (χ0v) is 12.1. The van der Waals surface area contributed by atoms with E-state index in [4.69, 9.17) is 10.3 Å². The molecule has 0 aliphatic rings. The monoisotopic (exact) mass is 317 g/mol. The molecule has 0 bridgehead atoms. The summed E-state index contributed by atoms with van der Waals surface area (Å²) in [5.74, 6) is -1.88. The van der Waals surface area contributed by atoms with E-state index >= 15 is 0 Å². The summed E-state index contributed by atoms with van der Waals surface area (Å²) in [6, 6.07) is 1.61. The van der Waals surface area contributed by atoms with Gasteiger partial charge in [-0.25, -0.2) is 21.9 Å². The molecule has 1 heterocycles. The van der Waals surface area contributed by atoms with E-state index in [1.807, 2.05) is 0 Å². The van der Waals surface area contributed by atoms with Gasteiger partial charge in [-0.3, -0.25) is 0 Å². The van der Waals surface area contributed by atoms with Gasteiger partial charge in [0.2, 0.25) is 10.0 Å². The lowest BCUT2D eigenvalue weighted by molar-refractivity contribution is 0.392. The molecule has 1 aromatic carbocycles. The van der Waals surface area contributed by atoms with Gasteiger partial charge in [-0.05, 0) is 26.0 Å². The van der Waals surface area contributed by atoms with Crippen molar-refractivity contribution in [2.75, 3.05) is 5.73 Å². The van der Waals surface area contributed by atoms with Crippen LogP contribution >= 0.6 is 0 Å². The highest BCUT2D eigenvalue weighted by atomic mass is 32.2. The highest BCUT2D eigenvalue weighted by molar-refractivity contribution is 7.89. The highest BCUT2D eigenvalue weighted by Crippen LogP contribution is 2.23. The fourth-order valence-corrected chi connectivity index (χ4v) is 2.84. The molecule has 21 heavy (non-hydrogen) atoms. The largest absolute Gasteiger partial charge is 0.394 e. The Hall–Kier alpha value is -2.00. The molecular weight excluding hydrogens is 304 g/mol. The molecule has 114 valence electrons. The second kappa shape index (κ2) is 5.41. The number of benzene rings is 1. The maximum atomic E-state index is 13.8. The molecule has 0 atom stereocenters. The summed E-state index contributed by atoms with van der Waals surface area (Å²) in [5.41, 5.74) is 5.39. The third kappa shape index (κ3) is 2.88. The Balaban J connectivity index is 2.30. The summed E-state index contributed by atoms with van der Waals surface area (Å²) in [7, 11) is -4.18. The Morgan fingerprint density at radius 3 is 2.57 bits per heavy atom. The van der Waals surface area contributed by atoms with Crippen molar-refractivity contribution in [2.24, 2.45) is 0 Å². The number of hydrogen-bond acceptors (Lipinski definition) is 5. The summed E-state index contributed by atoms with van der Waals surface area (Å²) >= 11 is 0. The number of aryl methyl sites for hydroxylation is 2.